The van der Waals surface area contributed by atoms with Gasteiger partial charge in [-0.2, -0.15) is 0 Å². The van der Waals surface area contributed by atoms with Crippen molar-refractivity contribution in [3.63, 3.8) is 0 Å². The van der Waals surface area contributed by atoms with Crippen LogP contribution in [0.3, 0.4) is 0 Å². The van der Waals surface area contributed by atoms with Crippen molar-refractivity contribution in [2.45, 2.75) is 39.3 Å². The van der Waals surface area contributed by atoms with Gasteiger partial charge in [0.05, 0.1) is 12.7 Å². The quantitative estimate of drug-likeness (QED) is 0.674. The predicted octanol–water partition coefficient (Wildman–Crippen LogP) is 4.22. The van der Waals surface area contributed by atoms with E-state index >= 15 is 0 Å². The predicted molar refractivity (Wildman–Crippen MR) is 118 cm³/mol. The number of methoxy groups -OCH3 is 1. The molecule has 3 aromatic rings. The number of ether oxygens (including phenoxy) is 1. The van der Waals surface area contributed by atoms with Crippen LogP contribution in [0.5, 0.6) is 5.75 Å². The van der Waals surface area contributed by atoms with Crippen LogP contribution < -0.4 is 20.6 Å². The van der Waals surface area contributed by atoms with Gasteiger partial charge in [0.1, 0.15) is 11.3 Å². The Morgan fingerprint density at radius 2 is 1.86 bits per heavy atom. The van der Waals surface area contributed by atoms with Crippen molar-refractivity contribution in [2.24, 2.45) is 0 Å². The smallest absolute Gasteiger partial charge is 0.344 e. The number of hydrogen-bond acceptors (Lipinski definition) is 5. The van der Waals surface area contributed by atoms with Gasteiger partial charge in [-0.05, 0) is 61.7 Å². The molecule has 0 bridgehead atoms. The van der Waals surface area contributed by atoms with E-state index in [-0.39, 0.29) is 5.63 Å². The molecule has 0 aliphatic carbocycles. The van der Waals surface area contributed by atoms with Crippen LogP contribution in [0.4, 0.5) is 5.69 Å². The van der Waals surface area contributed by atoms with Crippen molar-refractivity contribution in [1.29, 1.82) is 0 Å². The number of rotatable bonds is 4. The maximum Gasteiger partial charge on any atom is 0.344 e. The summed E-state index contributed by atoms with van der Waals surface area (Å²) in [6, 6.07) is 14.7. The summed E-state index contributed by atoms with van der Waals surface area (Å²) >= 11 is 0. The van der Waals surface area contributed by atoms with Crippen molar-refractivity contribution in [3.05, 3.63) is 58.4 Å². The van der Waals surface area contributed by atoms with E-state index in [9.17, 15) is 4.79 Å². The second kappa shape index (κ2) is 7.91. The molecule has 5 heteroatoms. The Hall–Kier alpha value is -2.79. The van der Waals surface area contributed by atoms with Gasteiger partial charge in [0.25, 0.3) is 0 Å². The van der Waals surface area contributed by atoms with E-state index in [1.807, 2.05) is 36.4 Å². The lowest BCUT2D eigenvalue weighted by Gasteiger charge is -2.37. The molecule has 1 N–H and O–H groups in total. The van der Waals surface area contributed by atoms with Gasteiger partial charge >= 0.3 is 5.63 Å². The standard InChI is InChI=1S/C24H28N2O3/c1-5-17-10-18(7-9-22(17)28-4)21-11-19-6-8-20(12-23(19)29-24(21)27)26-13-15(2)25-16(3)14-26/h6-12,15-16,25H,5,13-14H2,1-4H3/t15-,16?/m0/s1. The van der Waals surface area contributed by atoms with Gasteiger partial charge in [-0.3, -0.25) is 0 Å². The van der Waals surface area contributed by atoms with E-state index in [0.29, 0.717) is 23.2 Å². The van der Waals surface area contributed by atoms with Crippen LogP contribution in [-0.4, -0.2) is 32.3 Å². The monoisotopic (exact) mass is 392 g/mol. The lowest BCUT2D eigenvalue weighted by atomic mass is 10.0. The molecular weight excluding hydrogens is 364 g/mol. The van der Waals surface area contributed by atoms with Gasteiger partial charge in [0.15, 0.2) is 0 Å². The topological polar surface area (TPSA) is 54.7 Å². The second-order valence-corrected chi connectivity index (χ2v) is 7.92. The van der Waals surface area contributed by atoms with Gasteiger partial charge < -0.3 is 19.4 Å². The summed E-state index contributed by atoms with van der Waals surface area (Å²) in [5.74, 6) is 0.838. The van der Waals surface area contributed by atoms with E-state index in [1.54, 1.807) is 7.11 Å². The lowest BCUT2D eigenvalue weighted by molar-refractivity contribution is 0.407. The number of aryl methyl sites for hydroxylation is 1. The van der Waals surface area contributed by atoms with Crippen LogP contribution in [0.1, 0.15) is 26.3 Å². The van der Waals surface area contributed by atoms with Gasteiger partial charge in [-0.1, -0.05) is 13.0 Å². The zero-order valence-corrected chi connectivity index (χ0v) is 17.5. The Kier molecular flexibility index (Phi) is 5.33. The normalized spacial score (nSPS) is 19.5. The minimum absolute atomic E-state index is 0.316. The Bertz CT molecular complexity index is 1080. The molecule has 0 radical (unpaired) electrons. The maximum absolute atomic E-state index is 12.8. The van der Waals surface area contributed by atoms with Crippen molar-refractivity contribution in [2.75, 3.05) is 25.1 Å². The molecular formula is C24H28N2O3. The fourth-order valence-electron chi connectivity index (χ4n) is 4.26. The molecule has 4 rings (SSSR count). The Morgan fingerprint density at radius 3 is 2.55 bits per heavy atom. The Labute approximate surface area is 171 Å². The van der Waals surface area contributed by atoms with E-state index in [1.165, 1.54) is 0 Å². The highest BCUT2D eigenvalue weighted by Gasteiger charge is 2.21. The van der Waals surface area contributed by atoms with Crippen molar-refractivity contribution in [3.8, 4) is 16.9 Å². The van der Waals surface area contributed by atoms with Crippen molar-refractivity contribution < 1.29 is 9.15 Å². The summed E-state index contributed by atoms with van der Waals surface area (Å²) in [5.41, 5.74) is 3.90. The summed E-state index contributed by atoms with van der Waals surface area (Å²) < 4.78 is 11.1. The summed E-state index contributed by atoms with van der Waals surface area (Å²) in [5, 5.41) is 4.47. The Balaban J connectivity index is 1.72. The highest BCUT2D eigenvalue weighted by atomic mass is 16.5. The zero-order valence-electron chi connectivity index (χ0n) is 17.5. The number of hydrogen-bond donors (Lipinski definition) is 1. The number of piperazine rings is 1. The molecule has 0 saturated carbocycles. The average Bonchev–Trinajstić information content (AvgIpc) is 2.71. The lowest BCUT2D eigenvalue weighted by Crippen LogP contribution is -2.54. The zero-order chi connectivity index (χ0) is 20.5. The maximum atomic E-state index is 12.8. The van der Waals surface area contributed by atoms with Gasteiger partial charge in [-0.15, -0.1) is 0 Å². The molecule has 2 aromatic carbocycles. The average molecular weight is 392 g/mol. The summed E-state index contributed by atoms with van der Waals surface area (Å²) in [4.78, 5) is 15.1. The van der Waals surface area contributed by atoms with Crippen LogP contribution in [0.15, 0.2) is 51.7 Å². The summed E-state index contributed by atoms with van der Waals surface area (Å²) in [6.07, 6.45) is 0.834. The van der Waals surface area contributed by atoms with Crippen LogP contribution in [0.25, 0.3) is 22.1 Å². The number of fused-ring (bicyclic) bond motifs is 1. The molecule has 1 unspecified atom stereocenters. The molecule has 1 aliphatic heterocycles. The third-order valence-electron chi connectivity index (χ3n) is 5.61. The third kappa shape index (κ3) is 3.87. The number of nitrogens with zero attached hydrogens (tertiary/aromatic N) is 1. The molecule has 2 atom stereocenters. The Morgan fingerprint density at radius 1 is 1.10 bits per heavy atom. The first-order valence-electron chi connectivity index (χ1n) is 10.2. The molecule has 152 valence electrons. The minimum atomic E-state index is -0.316. The van der Waals surface area contributed by atoms with E-state index in [0.717, 1.165) is 47.5 Å². The molecule has 0 amide bonds. The SMILES string of the molecule is CCc1cc(-c2cc3ccc(N4CC(C)N[C@@H](C)C4)cc3oc2=O)ccc1OC. The highest BCUT2D eigenvalue weighted by Crippen LogP contribution is 2.29. The molecule has 5 nitrogen and oxygen atoms in total. The van der Waals surface area contributed by atoms with Crippen LogP contribution in [0.2, 0.25) is 0 Å². The van der Waals surface area contributed by atoms with Crippen LogP contribution in [-0.2, 0) is 6.42 Å². The minimum Gasteiger partial charge on any atom is -0.496 e. The largest absolute Gasteiger partial charge is 0.496 e. The van der Waals surface area contributed by atoms with Gasteiger partial charge in [0, 0.05) is 42.3 Å². The third-order valence-corrected chi connectivity index (χ3v) is 5.61. The number of benzene rings is 2. The van der Waals surface area contributed by atoms with E-state index < -0.39 is 0 Å². The summed E-state index contributed by atoms with van der Waals surface area (Å²) in [6.45, 7) is 8.32. The molecule has 1 aromatic heterocycles. The molecule has 2 heterocycles. The number of anilines is 1. The summed E-state index contributed by atoms with van der Waals surface area (Å²) in [7, 11) is 1.66. The van der Waals surface area contributed by atoms with E-state index in [2.05, 4.69) is 37.1 Å². The first-order chi connectivity index (χ1) is 14.0. The van der Waals surface area contributed by atoms with Gasteiger partial charge in [-0.25, -0.2) is 4.79 Å². The van der Waals surface area contributed by atoms with Crippen LogP contribution in [0, 0.1) is 0 Å². The van der Waals surface area contributed by atoms with Crippen molar-refractivity contribution in [1.82, 2.24) is 5.32 Å². The van der Waals surface area contributed by atoms with Gasteiger partial charge in [0.2, 0.25) is 0 Å². The fraction of sp³-hybridized carbons (Fsp3) is 0.375. The first-order valence-corrected chi connectivity index (χ1v) is 10.2. The molecule has 0 spiro atoms. The first kappa shape index (κ1) is 19.5. The molecule has 29 heavy (non-hydrogen) atoms. The fourth-order valence-corrected chi connectivity index (χ4v) is 4.26. The second-order valence-electron chi connectivity index (χ2n) is 7.92. The van der Waals surface area contributed by atoms with Crippen LogP contribution >= 0.6 is 0 Å². The molecule has 1 aliphatic rings. The molecule has 1 fully saturated rings. The number of nitrogens with one attached hydrogen (secondary N) is 1. The van der Waals surface area contributed by atoms with E-state index in [4.69, 9.17) is 9.15 Å². The highest BCUT2D eigenvalue weighted by molar-refractivity contribution is 5.84. The van der Waals surface area contributed by atoms with Crippen molar-refractivity contribution >= 4 is 16.7 Å². The molecule has 1 saturated heterocycles.